The molecule has 37 heavy (non-hydrogen) atoms. The minimum absolute atomic E-state index is 0.102. The first kappa shape index (κ1) is 34.2. The Labute approximate surface area is 221 Å². The van der Waals surface area contributed by atoms with Crippen LogP contribution in [0.3, 0.4) is 0 Å². The van der Waals surface area contributed by atoms with Crippen molar-refractivity contribution in [2.45, 2.75) is 83.4 Å². The van der Waals surface area contributed by atoms with Crippen LogP contribution >= 0.6 is 0 Å². The van der Waals surface area contributed by atoms with Crippen LogP contribution in [0.5, 0.6) is 0 Å². The summed E-state index contributed by atoms with van der Waals surface area (Å²) in [7, 11) is 0. The van der Waals surface area contributed by atoms with Crippen LogP contribution in [-0.4, -0.2) is 66.6 Å². The molecule has 0 radical (unpaired) electrons. The van der Waals surface area contributed by atoms with Crippen molar-refractivity contribution in [2.75, 3.05) is 0 Å². The summed E-state index contributed by atoms with van der Waals surface area (Å²) < 4.78 is 0. The molecule has 0 unspecified atom stereocenters. The van der Waals surface area contributed by atoms with Crippen LogP contribution in [-0.2, 0) is 4.79 Å². The van der Waals surface area contributed by atoms with Crippen molar-refractivity contribution in [3.05, 3.63) is 96.2 Å². The number of hydrogen-bond acceptors (Lipinski definition) is 6. The van der Waals surface area contributed by atoms with Crippen LogP contribution in [0.2, 0.25) is 0 Å². The number of carboxylic acid groups (broad SMARTS) is 1. The van der Waals surface area contributed by atoms with Gasteiger partial charge in [0, 0.05) is 12.5 Å². The summed E-state index contributed by atoms with van der Waals surface area (Å²) in [6.45, 7) is 6.96. The zero-order chi connectivity index (χ0) is 28.3. The Balaban J connectivity index is 4.72. The van der Waals surface area contributed by atoms with E-state index < -0.39 is 36.0 Å². The minimum Gasteiger partial charge on any atom is -0.478 e. The van der Waals surface area contributed by atoms with Crippen LogP contribution in [0.25, 0.3) is 0 Å². The molecule has 0 saturated carbocycles. The highest BCUT2D eigenvalue weighted by molar-refractivity contribution is 5.79. The molecule has 7 heteroatoms. The van der Waals surface area contributed by atoms with E-state index in [1.807, 2.05) is 38.2 Å². The third-order valence-corrected chi connectivity index (χ3v) is 5.57. The van der Waals surface area contributed by atoms with Crippen molar-refractivity contribution in [2.24, 2.45) is 0 Å². The molecule has 0 aliphatic carbocycles. The zero-order valence-corrected chi connectivity index (χ0v) is 22.3. The molecule has 0 saturated heterocycles. The maximum Gasteiger partial charge on any atom is 0.327 e. The molecule has 0 aliphatic heterocycles. The van der Waals surface area contributed by atoms with E-state index in [4.69, 9.17) is 5.11 Å². The van der Waals surface area contributed by atoms with Gasteiger partial charge >= 0.3 is 5.97 Å². The minimum atomic E-state index is -1.81. The molecule has 0 aromatic carbocycles. The molecular weight excluding hydrogens is 472 g/mol. The zero-order valence-electron chi connectivity index (χ0n) is 22.3. The van der Waals surface area contributed by atoms with Gasteiger partial charge < -0.3 is 30.6 Å². The number of carbonyl (C=O) groups is 1. The first-order valence-corrected chi connectivity index (χ1v) is 12.4. The highest BCUT2D eigenvalue weighted by Crippen LogP contribution is 2.23. The van der Waals surface area contributed by atoms with Crippen molar-refractivity contribution in [1.29, 1.82) is 0 Å². The molecule has 0 aliphatic rings. The molecule has 0 bridgehead atoms. The average molecular weight is 517 g/mol. The van der Waals surface area contributed by atoms with Gasteiger partial charge in [-0.25, -0.2) is 4.79 Å². The van der Waals surface area contributed by atoms with Crippen LogP contribution in [0.1, 0.15) is 53.4 Å². The number of aliphatic carboxylic acids is 1. The smallest absolute Gasteiger partial charge is 0.327 e. The first-order valence-electron chi connectivity index (χ1n) is 12.4. The third kappa shape index (κ3) is 16.5. The second kappa shape index (κ2) is 19.3. The highest BCUT2D eigenvalue weighted by Gasteiger charge is 2.38. The molecule has 5 atom stereocenters. The first-order chi connectivity index (χ1) is 17.4. The van der Waals surface area contributed by atoms with Gasteiger partial charge in [0.15, 0.2) is 0 Å². The Bertz CT molecular complexity index is 901. The van der Waals surface area contributed by atoms with Gasteiger partial charge in [-0.05, 0) is 45.6 Å². The average Bonchev–Trinajstić information content (AvgIpc) is 2.83. The van der Waals surface area contributed by atoms with E-state index in [1.165, 1.54) is 13.0 Å². The quantitative estimate of drug-likeness (QED) is 0.127. The summed E-state index contributed by atoms with van der Waals surface area (Å²) in [6.07, 6.45) is 20.5. The van der Waals surface area contributed by atoms with E-state index >= 15 is 0 Å². The van der Waals surface area contributed by atoms with Crippen molar-refractivity contribution in [3.8, 4) is 0 Å². The Morgan fingerprint density at radius 1 is 0.811 bits per heavy atom. The van der Waals surface area contributed by atoms with Crippen molar-refractivity contribution in [3.63, 3.8) is 0 Å². The van der Waals surface area contributed by atoms with E-state index in [2.05, 4.69) is 0 Å². The molecule has 206 valence electrons. The lowest BCUT2D eigenvalue weighted by Gasteiger charge is -2.34. The molecule has 0 aromatic rings. The van der Waals surface area contributed by atoms with E-state index in [-0.39, 0.29) is 19.3 Å². The Morgan fingerprint density at radius 2 is 1.43 bits per heavy atom. The van der Waals surface area contributed by atoms with Gasteiger partial charge in [-0.2, -0.15) is 0 Å². The molecule has 0 amide bonds. The summed E-state index contributed by atoms with van der Waals surface area (Å²) in [5, 5.41) is 60.1. The molecule has 0 rings (SSSR count). The van der Waals surface area contributed by atoms with Crippen molar-refractivity contribution >= 4 is 5.97 Å². The van der Waals surface area contributed by atoms with E-state index in [1.54, 1.807) is 55.5 Å². The number of aliphatic hydroxyl groups excluding tert-OH is 4. The van der Waals surface area contributed by atoms with Crippen LogP contribution in [0.15, 0.2) is 96.2 Å². The van der Waals surface area contributed by atoms with Gasteiger partial charge in [-0.3, -0.25) is 0 Å². The van der Waals surface area contributed by atoms with Gasteiger partial charge in [-0.15, -0.1) is 0 Å². The summed E-state index contributed by atoms with van der Waals surface area (Å²) >= 11 is 0. The Morgan fingerprint density at radius 3 is 2.05 bits per heavy atom. The van der Waals surface area contributed by atoms with Gasteiger partial charge in [0.25, 0.3) is 0 Å². The standard InChI is InChI=1S/C30H44O7/c1-5-6-7-8-12-16-24(3)26(32)22-28(34)30(4,37)27(33)18-13-10-9-11-15-23(2)20-21-25(31)17-14-19-29(35)36/h6-16,19-21,25-28,31-34,37H,5,17-18,22H2,1-4H3,(H,35,36)/b7-6+,11-9+,12-8+,13-10+,19-14+,21-20?,23-15+,24-16+/t25-,26+,27+,28+,30-/m0/s1. The fraction of sp³-hybridized carbons (Fsp3) is 0.433. The maximum atomic E-state index is 10.6. The summed E-state index contributed by atoms with van der Waals surface area (Å²) in [6, 6.07) is 0. The van der Waals surface area contributed by atoms with E-state index in [9.17, 15) is 30.3 Å². The van der Waals surface area contributed by atoms with Gasteiger partial charge in [-0.1, -0.05) is 91.5 Å². The number of rotatable bonds is 17. The second-order valence-corrected chi connectivity index (χ2v) is 9.00. The van der Waals surface area contributed by atoms with Gasteiger partial charge in [0.2, 0.25) is 0 Å². The van der Waals surface area contributed by atoms with Gasteiger partial charge in [0.05, 0.1) is 24.4 Å². The number of carboxylic acids is 1. The number of allylic oxidation sites excluding steroid dienone is 11. The van der Waals surface area contributed by atoms with Crippen LogP contribution < -0.4 is 0 Å². The fourth-order valence-corrected chi connectivity index (χ4v) is 2.96. The SMILES string of the molecule is CC/C=C/C=C/C=C(\C)[C@H](O)C[C@@H](O)[C@@](C)(O)[C@H](O)C/C=C/C=C/C=C(\C)C=C[C@@H](O)C/C=C/C(=O)O. The molecule has 0 fully saturated rings. The lowest BCUT2D eigenvalue weighted by molar-refractivity contribution is -0.140. The summed E-state index contributed by atoms with van der Waals surface area (Å²) in [4.78, 5) is 10.4. The van der Waals surface area contributed by atoms with E-state index in [0.717, 1.165) is 18.1 Å². The summed E-state index contributed by atoms with van der Waals surface area (Å²) in [5.74, 6) is -1.06. The third-order valence-electron chi connectivity index (χ3n) is 5.57. The van der Waals surface area contributed by atoms with Crippen LogP contribution in [0.4, 0.5) is 0 Å². The number of hydrogen-bond donors (Lipinski definition) is 6. The molecule has 0 aromatic heterocycles. The Kier molecular flexibility index (Phi) is 17.9. The maximum absolute atomic E-state index is 10.6. The van der Waals surface area contributed by atoms with Gasteiger partial charge in [0.1, 0.15) is 5.60 Å². The predicted molar refractivity (Wildman–Crippen MR) is 149 cm³/mol. The molecule has 0 heterocycles. The predicted octanol–water partition coefficient (Wildman–Crippen LogP) is 4.08. The molecular formula is C30H44O7. The lowest BCUT2D eigenvalue weighted by atomic mass is 9.86. The van der Waals surface area contributed by atoms with Crippen molar-refractivity contribution in [1.82, 2.24) is 0 Å². The largest absolute Gasteiger partial charge is 0.478 e. The molecule has 6 N–H and O–H groups in total. The monoisotopic (exact) mass is 516 g/mol. The lowest BCUT2D eigenvalue weighted by Crippen LogP contribution is -2.50. The second-order valence-electron chi connectivity index (χ2n) is 9.00. The topological polar surface area (TPSA) is 138 Å². The normalized spacial score (nSPS) is 19.1. The fourth-order valence-electron chi connectivity index (χ4n) is 2.96. The Hall–Kier alpha value is -2.81. The molecule has 7 nitrogen and oxygen atoms in total. The number of aliphatic hydroxyl groups is 5. The summed E-state index contributed by atoms with van der Waals surface area (Å²) in [5.41, 5.74) is -0.303. The highest BCUT2D eigenvalue weighted by atomic mass is 16.4. The van der Waals surface area contributed by atoms with E-state index in [0.29, 0.717) is 5.57 Å². The van der Waals surface area contributed by atoms with Crippen LogP contribution in [0, 0.1) is 0 Å². The van der Waals surface area contributed by atoms with Crippen molar-refractivity contribution < 1.29 is 35.4 Å². The molecule has 0 spiro atoms.